The van der Waals surface area contributed by atoms with Crippen molar-refractivity contribution in [1.29, 1.82) is 0 Å². The van der Waals surface area contributed by atoms with Gasteiger partial charge in [0, 0.05) is 6.92 Å². The molecule has 0 bridgehead atoms. The molecule has 2 heteroatoms. The number of fused-ring (bicyclic) bond motifs is 5. The maximum atomic E-state index is 11.6. The molecule has 4 rings (SSSR count). The molecular formula is C31H52O2. The van der Waals surface area contributed by atoms with Crippen LogP contribution in [-0.4, -0.2) is 12.1 Å². The van der Waals surface area contributed by atoms with Crippen molar-refractivity contribution in [3.63, 3.8) is 0 Å². The van der Waals surface area contributed by atoms with Gasteiger partial charge in [0.25, 0.3) is 0 Å². The molecule has 0 N–H and O–H groups in total. The highest BCUT2D eigenvalue weighted by Crippen LogP contribution is 2.72. The van der Waals surface area contributed by atoms with Gasteiger partial charge in [0.15, 0.2) is 0 Å². The monoisotopic (exact) mass is 456 g/mol. The normalized spacial score (nSPS) is 44.3. The lowest BCUT2D eigenvalue weighted by atomic mass is 9.44. The second kappa shape index (κ2) is 9.02. The summed E-state index contributed by atoms with van der Waals surface area (Å²) in [5, 5.41) is 0. The Labute approximate surface area is 204 Å². The van der Waals surface area contributed by atoms with E-state index in [0.717, 1.165) is 42.4 Å². The first kappa shape index (κ1) is 25.3. The Hall–Kier alpha value is -0.790. The predicted molar refractivity (Wildman–Crippen MR) is 138 cm³/mol. The summed E-state index contributed by atoms with van der Waals surface area (Å²) in [7, 11) is 0. The molecule has 0 aliphatic heterocycles. The van der Waals surface area contributed by atoms with E-state index in [1.54, 1.807) is 6.92 Å². The predicted octanol–water partition coefficient (Wildman–Crippen LogP) is 8.60. The summed E-state index contributed by atoms with van der Waals surface area (Å²) < 4.78 is 5.66. The van der Waals surface area contributed by atoms with E-state index >= 15 is 0 Å². The number of allylic oxidation sites excluding steroid dienone is 2. The number of ether oxygens (including phenoxy) is 1. The van der Waals surface area contributed by atoms with E-state index in [-0.39, 0.29) is 12.1 Å². The van der Waals surface area contributed by atoms with Crippen molar-refractivity contribution in [3.8, 4) is 0 Å². The first-order valence-corrected chi connectivity index (χ1v) is 14.3. The third kappa shape index (κ3) is 4.14. The number of hydrogen-bond donors (Lipinski definition) is 0. The number of carbonyl (C=O) groups is 1. The molecule has 188 valence electrons. The zero-order valence-corrected chi connectivity index (χ0v) is 23.0. The topological polar surface area (TPSA) is 26.3 Å². The minimum atomic E-state index is -0.105. The largest absolute Gasteiger partial charge is 0.463 e. The minimum Gasteiger partial charge on any atom is -0.463 e. The van der Waals surface area contributed by atoms with Crippen LogP contribution in [-0.2, 0) is 9.53 Å². The summed E-state index contributed by atoms with van der Waals surface area (Å²) in [6, 6.07) is 0. The lowest BCUT2D eigenvalue weighted by Gasteiger charge is -2.61. The van der Waals surface area contributed by atoms with E-state index in [4.69, 9.17) is 4.74 Å². The van der Waals surface area contributed by atoms with Crippen LogP contribution in [0, 0.1) is 51.8 Å². The number of rotatable bonds is 6. The van der Waals surface area contributed by atoms with Gasteiger partial charge < -0.3 is 4.74 Å². The molecule has 9 atom stereocenters. The summed E-state index contributed by atoms with van der Waals surface area (Å²) >= 11 is 0. The molecule has 0 heterocycles. The molecule has 0 aromatic heterocycles. The average Bonchev–Trinajstić information content (AvgIpc) is 3.03. The zero-order valence-electron chi connectivity index (χ0n) is 23.0. The smallest absolute Gasteiger partial charge is 0.302 e. The van der Waals surface area contributed by atoms with Crippen molar-refractivity contribution in [3.05, 3.63) is 11.6 Å². The number of carbonyl (C=O) groups excluding carboxylic acids is 1. The molecule has 0 spiro atoms. The van der Waals surface area contributed by atoms with Crippen molar-refractivity contribution in [2.45, 2.75) is 126 Å². The standard InChI is InChI=1S/C31H52O2/c1-20(2)21(3)9-10-22(4)26-14-17-31(8)28-12-11-24-19-25(33-23(5)32)13-16-29(24,6)27(28)15-18-30(26,31)7/h15,20-22,24-26,28H,9-14,16-19H2,1-8H3/t21-,22+,24-,25-,26+,28+,29-,30+,31-/m0/s1. The molecule has 2 nitrogen and oxygen atoms in total. The van der Waals surface area contributed by atoms with E-state index in [1.165, 1.54) is 51.4 Å². The van der Waals surface area contributed by atoms with Gasteiger partial charge in [-0.3, -0.25) is 4.79 Å². The molecule has 0 amide bonds. The van der Waals surface area contributed by atoms with Crippen LogP contribution in [0.1, 0.15) is 120 Å². The van der Waals surface area contributed by atoms with Crippen molar-refractivity contribution in [2.24, 2.45) is 51.8 Å². The van der Waals surface area contributed by atoms with E-state index in [2.05, 4.69) is 54.5 Å². The SMILES string of the molecule is CC(=O)O[C@H]1CC[C@]2(C)C3=CC[C@]4(C)[C@@H]([C@H](C)CC[C@H](C)C(C)C)CC[C@@]4(C)[C@@H]3CC[C@H]2C1. The number of esters is 1. The van der Waals surface area contributed by atoms with Crippen LogP contribution in [0.2, 0.25) is 0 Å². The van der Waals surface area contributed by atoms with Crippen LogP contribution in [0.25, 0.3) is 0 Å². The number of hydrogen-bond acceptors (Lipinski definition) is 2. The molecule has 0 unspecified atom stereocenters. The summed E-state index contributed by atoms with van der Waals surface area (Å²) in [5.74, 6) is 4.67. The second-order valence-electron chi connectivity index (χ2n) is 13.9. The summed E-state index contributed by atoms with van der Waals surface area (Å²) in [5.41, 5.74) is 3.02. The highest BCUT2D eigenvalue weighted by molar-refractivity contribution is 5.66. The first-order valence-electron chi connectivity index (χ1n) is 14.3. The van der Waals surface area contributed by atoms with E-state index in [0.29, 0.717) is 22.2 Å². The van der Waals surface area contributed by atoms with Gasteiger partial charge in [-0.25, -0.2) is 0 Å². The maximum absolute atomic E-state index is 11.6. The molecule has 0 aromatic rings. The molecule has 4 aliphatic rings. The average molecular weight is 457 g/mol. The van der Waals surface area contributed by atoms with Gasteiger partial charge in [-0.05, 0) is 103 Å². The molecule has 0 aromatic carbocycles. The Bertz CT molecular complexity index is 767. The minimum absolute atomic E-state index is 0.105. The van der Waals surface area contributed by atoms with Gasteiger partial charge in [-0.2, -0.15) is 0 Å². The Morgan fingerprint density at radius 3 is 2.39 bits per heavy atom. The van der Waals surface area contributed by atoms with Crippen LogP contribution in [0.3, 0.4) is 0 Å². The lowest BCUT2D eigenvalue weighted by molar-refractivity contribution is -0.151. The fourth-order valence-electron chi connectivity index (χ4n) is 9.21. The van der Waals surface area contributed by atoms with E-state index in [1.807, 2.05) is 5.57 Å². The van der Waals surface area contributed by atoms with E-state index < -0.39 is 0 Å². The van der Waals surface area contributed by atoms with Crippen LogP contribution in [0.5, 0.6) is 0 Å². The van der Waals surface area contributed by atoms with Gasteiger partial charge in [0.2, 0.25) is 0 Å². The first-order chi connectivity index (χ1) is 15.4. The Balaban J connectivity index is 1.53. The van der Waals surface area contributed by atoms with Crippen molar-refractivity contribution in [2.75, 3.05) is 0 Å². The molecule has 3 fully saturated rings. The molecule has 3 saturated carbocycles. The summed E-state index contributed by atoms with van der Waals surface area (Å²) in [6.45, 7) is 19.3. The van der Waals surface area contributed by atoms with Gasteiger partial charge in [0.1, 0.15) is 6.10 Å². The highest BCUT2D eigenvalue weighted by Gasteiger charge is 2.63. The van der Waals surface area contributed by atoms with Crippen molar-refractivity contribution in [1.82, 2.24) is 0 Å². The Kier molecular flexibility index (Phi) is 6.91. The maximum Gasteiger partial charge on any atom is 0.302 e. The fourth-order valence-corrected chi connectivity index (χ4v) is 9.21. The van der Waals surface area contributed by atoms with Gasteiger partial charge in [0.05, 0.1) is 0 Å². The zero-order chi connectivity index (χ0) is 24.2. The Morgan fingerprint density at radius 2 is 1.73 bits per heavy atom. The summed E-state index contributed by atoms with van der Waals surface area (Å²) in [4.78, 5) is 11.6. The van der Waals surface area contributed by atoms with Crippen LogP contribution in [0.15, 0.2) is 11.6 Å². The quantitative estimate of drug-likeness (QED) is 0.295. The molecule has 0 saturated heterocycles. The molecule has 0 radical (unpaired) electrons. The second-order valence-corrected chi connectivity index (χ2v) is 13.9. The van der Waals surface area contributed by atoms with Gasteiger partial charge in [-0.15, -0.1) is 0 Å². The van der Waals surface area contributed by atoms with Crippen LogP contribution >= 0.6 is 0 Å². The van der Waals surface area contributed by atoms with Gasteiger partial charge in [-0.1, -0.05) is 73.0 Å². The van der Waals surface area contributed by atoms with Crippen LogP contribution < -0.4 is 0 Å². The van der Waals surface area contributed by atoms with Crippen molar-refractivity contribution < 1.29 is 9.53 Å². The molecular weight excluding hydrogens is 404 g/mol. The molecule has 4 aliphatic carbocycles. The highest BCUT2D eigenvalue weighted by atomic mass is 16.5. The summed E-state index contributed by atoms with van der Waals surface area (Å²) in [6.07, 6.45) is 15.7. The lowest BCUT2D eigenvalue weighted by Crippen LogP contribution is -2.53. The fraction of sp³-hybridized carbons (Fsp3) is 0.903. The van der Waals surface area contributed by atoms with E-state index in [9.17, 15) is 4.79 Å². The Morgan fingerprint density at radius 1 is 1.00 bits per heavy atom. The molecule has 33 heavy (non-hydrogen) atoms. The van der Waals surface area contributed by atoms with Crippen molar-refractivity contribution >= 4 is 5.97 Å². The third-order valence-corrected chi connectivity index (χ3v) is 12.1. The third-order valence-electron chi connectivity index (χ3n) is 12.1. The van der Waals surface area contributed by atoms with Crippen LogP contribution in [0.4, 0.5) is 0 Å². The van der Waals surface area contributed by atoms with Gasteiger partial charge >= 0.3 is 5.97 Å².